The number of carbonyl (C=O) groups is 1. The highest BCUT2D eigenvalue weighted by Gasteiger charge is 2.15. The van der Waals surface area contributed by atoms with Crippen molar-refractivity contribution >= 4 is 27.6 Å². The van der Waals surface area contributed by atoms with Crippen LogP contribution in [0.15, 0.2) is 47.4 Å². The molecule has 0 atom stereocenters. The Labute approximate surface area is 164 Å². The van der Waals surface area contributed by atoms with E-state index in [0.717, 1.165) is 19.3 Å². The Morgan fingerprint density at radius 2 is 1.78 bits per heavy atom. The second kappa shape index (κ2) is 8.87. The molecule has 144 valence electrons. The summed E-state index contributed by atoms with van der Waals surface area (Å²) in [5.41, 5.74) is 3.14. The molecule has 3 rings (SSSR count). The lowest BCUT2D eigenvalue weighted by Gasteiger charge is -2.08. The fourth-order valence-electron chi connectivity index (χ4n) is 3.08. The van der Waals surface area contributed by atoms with Crippen LogP contribution in [0.2, 0.25) is 5.02 Å². The third-order valence-corrected chi connectivity index (χ3v) is 6.28. The normalized spacial score (nSPS) is 13.4. The van der Waals surface area contributed by atoms with Gasteiger partial charge in [0, 0.05) is 11.6 Å². The first-order valence-corrected chi connectivity index (χ1v) is 10.9. The first kappa shape index (κ1) is 19.9. The molecule has 0 aliphatic heterocycles. The SMILES string of the molecule is O=C(OCCCCNS(=O)(=O)c1ccc(Cl)cc1)c1ccc2c(c1)CCC2. The van der Waals surface area contributed by atoms with Gasteiger partial charge >= 0.3 is 5.97 Å². The maximum atomic E-state index is 12.1. The maximum absolute atomic E-state index is 12.1. The van der Waals surface area contributed by atoms with E-state index in [0.29, 0.717) is 23.4 Å². The van der Waals surface area contributed by atoms with Crippen LogP contribution in [0.3, 0.4) is 0 Å². The Balaban J connectivity index is 1.38. The van der Waals surface area contributed by atoms with Crippen molar-refractivity contribution in [3.8, 4) is 0 Å². The van der Waals surface area contributed by atoms with Crippen molar-refractivity contribution in [3.63, 3.8) is 0 Å². The van der Waals surface area contributed by atoms with Crippen molar-refractivity contribution < 1.29 is 17.9 Å². The summed E-state index contributed by atoms with van der Waals surface area (Å²) >= 11 is 5.76. The van der Waals surface area contributed by atoms with Crippen molar-refractivity contribution in [2.45, 2.75) is 37.0 Å². The Bertz CT molecular complexity index is 910. The predicted molar refractivity (Wildman–Crippen MR) is 105 cm³/mol. The number of rotatable bonds is 8. The molecular formula is C20H22ClNO4S. The summed E-state index contributed by atoms with van der Waals surface area (Å²) in [4.78, 5) is 12.3. The number of carbonyl (C=O) groups excluding carboxylic acids is 1. The average Bonchev–Trinajstić information content (AvgIpc) is 3.12. The maximum Gasteiger partial charge on any atom is 0.338 e. The van der Waals surface area contributed by atoms with E-state index in [9.17, 15) is 13.2 Å². The van der Waals surface area contributed by atoms with E-state index in [1.54, 1.807) is 0 Å². The highest BCUT2D eigenvalue weighted by Crippen LogP contribution is 2.23. The molecule has 2 aromatic rings. The van der Waals surface area contributed by atoms with E-state index in [-0.39, 0.29) is 24.0 Å². The predicted octanol–water partition coefficient (Wildman–Crippen LogP) is 3.74. The topological polar surface area (TPSA) is 72.5 Å². The van der Waals surface area contributed by atoms with Gasteiger partial charge in [-0.1, -0.05) is 17.7 Å². The van der Waals surface area contributed by atoms with Crippen LogP contribution >= 0.6 is 11.6 Å². The number of fused-ring (bicyclic) bond motifs is 1. The minimum atomic E-state index is -3.55. The molecule has 1 aliphatic carbocycles. The number of ether oxygens (including phenoxy) is 1. The highest BCUT2D eigenvalue weighted by atomic mass is 35.5. The van der Waals surface area contributed by atoms with Gasteiger partial charge in [-0.15, -0.1) is 0 Å². The second-order valence-corrected chi connectivity index (χ2v) is 8.74. The third-order valence-electron chi connectivity index (χ3n) is 4.55. The minimum Gasteiger partial charge on any atom is -0.462 e. The molecule has 2 aromatic carbocycles. The van der Waals surface area contributed by atoms with Crippen LogP contribution in [0.4, 0.5) is 0 Å². The number of sulfonamides is 1. The summed E-state index contributed by atoms with van der Waals surface area (Å²) in [6.45, 7) is 0.542. The molecule has 0 heterocycles. The Hall–Kier alpha value is -1.89. The van der Waals surface area contributed by atoms with Gasteiger partial charge in [0.2, 0.25) is 10.0 Å². The van der Waals surface area contributed by atoms with E-state index in [1.807, 2.05) is 18.2 Å². The molecule has 0 saturated heterocycles. The first-order chi connectivity index (χ1) is 13.0. The number of aryl methyl sites for hydroxylation is 2. The van der Waals surface area contributed by atoms with Gasteiger partial charge in [-0.2, -0.15) is 0 Å². The third kappa shape index (κ3) is 5.31. The fraction of sp³-hybridized carbons (Fsp3) is 0.350. The number of unbranched alkanes of at least 4 members (excludes halogenated alkanes) is 1. The molecule has 0 radical (unpaired) electrons. The van der Waals surface area contributed by atoms with Crippen LogP contribution in [-0.2, 0) is 27.6 Å². The minimum absolute atomic E-state index is 0.176. The van der Waals surface area contributed by atoms with E-state index >= 15 is 0 Å². The van der Waals surface area contributed by atoms with Crippen LogP contribution in [0.25, 0.3) is 0 Å². The molecule has 0 bridgehead atoms. The summed E-state index contributed by atoms with van der Waals surface area (Å²) in [6.07, 6.45) is 4.39. The van der Waals surface area contributed by atoms with Gasteiger partial charge in [0.1, 0.15) is 0 Å². The van der Waals surface area contributed by atoms with Crippen molar-refractivity contribution in [1.29, 1.82) is 0 Å². The van der Waals surface area contributed by atoms with Gasteiger partial charge in [0.15, 0.2) is 0 Å². The molecule has 7 heteroatoms. The van der Waals surface area contributed by atoms with Crippen molar-refractivity contribution in [2.24, 2.45) is 0 Å². The number of hydrogen-bond acceptors (Lipinski definition) is 4. The molecular weight excluding hydrogens is 386 g/mol. The lowest BCUT2D eigenvalue weighted by atomic mass is 10.1. The van der Waals surface area contributed by atoms with Gasteiger partial charge in [0.25, 0.3) is 0 Å². The van der Waals surface area contributed by atoms with Gasteiger partial charge in [-0.05, 0) is 79.6 Å². The summed E-state index contributed by atoms with van der Waals surface area (Å²) in [6, 6.07) is 11.7. The largest absolute Gasteiger partial charge is 0.462 e. The van der Waals surface area contributed by atoms with E-state index in [4.69, 9.17) is 16.3 Å². The number of nitrogens with one attached hydrogen (secondary N) is 1. The number of halogens is 1. The van der Waals surface area contributed by atoms with Gasteiger partial charge in [-0.3, -0.25) is 0 Å². The van der Waals surface area contributed by atoms with E-state index in [1.165, 1.54) is 35.4 Å². The number of hydrogen-bond donors (Lipinski definition) is 1. The molecule has 0 saturated carbocycles. The molecule has 1 aliphatic rings. The first-order valence-electron chi connectivity index (χ1n) is 9.00. The molecule has 0 spiro atoms. The van der Waals surface area contributed by atoms with Crippen LogP contribution in [0.1, 0.15) is 40.7 Å². The summed E-state index contributed by atoms with van der Waals surface area (Å²) in [5, 5.41) is 0.485. The molecule has 0 fully saturated rings. The van der Waals surface area contributed by atoms with E-state index < -0.39 is 10.0 Å². The molecule has 0 amide bonds. The molecule has 27 heavy (non-hydrogen) atoms. The highest BCUT2D eigenvalue weighted by molar-refractivity contribution is 7.89. The molecule has 0 aromatic heterocycles. The number of esters is 1. The zero-order valence-corrected chi connectivity index (χ0v) is 16.5. The lowest BCUT2D eigenvalue weighted by molar-refractivity contribution is 0.0498. The summed E-state index contributed by atoms with van der Waals surface area (Å²) in [7, 11) is -3.55. The standard InChI is InChI=1S/C20H22ClNO4S/c21-18-8-10-19(11-9-18)27(24,25)22-12-1-2-13-26-20(23)17-7-6-15-4-3-5-16(15)14-17/h6-11,14,22H,1-5,12-13H2. The summed E-state index contributed by atoms with van der Waals surface area (Å²) in [5.74, 6) is -0.327. The monoisotopic (exact) mass is 407 g/mol. The van der Waals surface area contributed by atoms with Crippen molar-refractivity contribution in [1.82, 2.24) is 4.72 Å². The van der Waals surface area contributed by atoms with Crippen molar-refractivity contribution in [2.75, 3.05) is 13.2 Å². The molecule has 0 unspecified atom stereocenters. The smallest absolute Gasteiger partial charge is 0.338 e. The second-order valence-electron chi connectivity index (χ2n) is 6.53. The van der Waals surface area contributed by atoms with Crippen LogP contribution in [0.5, 0.6) is 0 Å². The van der Waals surface area contributed by atoms with Gasteiger partial charge in [-0.25, -0.2) is 17.9 Å². The fourth-order valence-corrected chi connectivity index (χ4v) is 4.28. The Morgan fingerprint density at radius 1 is 1.04 bits per heavy atom. The lowest BCUT2D eigenvalue weighted by Crippen LogP contribution is -2.25. The van der Waals surface area contributed by atoms with Crippen molar-refractivity contribution in [3.05, 3.63) is 64.2 Å². The van der Waals surface area contributed by atoms with Crippen LogP contribution in [-0.4, -0.2) is 27.5 Å². The summed E-state index contributed by atoms with van der Waals surface area (Å²) < 4.78 is 32.1. The van der Waals surface area contributed by atoms with E-state index in [2.05, 4.69) is 4.72 Å². The quantitative estimate of drug-likeness (QED) is 0.534. The number of benzene rings is 2. The molecule has 1 N–H and O–H groups in total. The Morgan fingerprint density at radius 3 is 2.56 bits per heavy atom. The average molecular weight is 408 g/mol. The van der Waals surface area contributed by atoms with Gasteiger partial charge < -0.3 is 4.74 Å². The van der Waals surface area contributed by atoms with Crippen LogP contribution < -0.4 is 4.72 Å². The van der Waals surface area contributed by atoms with Gasteiger partial charge in [0.05, 0.1) is 17.1 Å². The molecule has 5 nitrogen and oxygen atoms in total. The zero-order valence-electron chi connectivity index (χ0n) is 14.9. The van der Waals surface area contributed by atoms with Crippen LogP contribution in [0, 0.1) is 0 Å². The zero-order chi connectivity index (χ0) is 19.3. The Kier molecular flexibility index (Phi) is 6.52.